The fourth-order valence-electron chi connectivity index (χ4n) is 2.15. The average molecular weight is 288 g/mol. The van der Waals surface area contributed by atoms with E-state index in [-0.39, 0.29) is 11.9 Å². The summed E-state index contributed by atoms with van der Waals surface area (Å²) in [6.45, 7) is 4.71. The number of aromatic nitrogens is 2. The molecule has 0 amide bonds. The van der Waals surface area contributed by atoms with Crippen molar-refractivity contribution in [3.63, 3.8) is 0 Å². The summed E-state index contributed by atoms with van der Waals surface area (Å²) in [5, 5.41) is 0. The van der Waals surface area contributed by atoms with Crippen LogP contribution in [0.2, 0.25) is 0 Å². The first-order valence-electron chi connectivity index (χ1n) is 7.18. The molecular formula is C16H21FN4. The fraction of sp³-hybridized carbons (Fsp3) is 0.375. The summed E-state index contributed by atoms with van der Waals surface area (Å²) < 4.78 is 12.8. The Morgan fingerprint density at radius 1 is 1.24 bits per heavy atom. The molecule has 0 aromatic carbocycles. The van der Waals surface area contributed by atoms with Gasteiger partial charge in [0.15, 0.2) is 0 Å². The lowest BCUT2D eigenvalue weighted by Crippen LogP contribution is -2.27. The van der Waals surface area contributed by atoms with E-state index in [1.165, 1.54) is 12.3 Å². The molecule has 5 heteroatoms. The minimum Gasteiger partial charge on any atom is -0.323 e. The van der Waals surface area contributed by atoms with Gasteiger partial charge >= 0.3 is 0 Å². The maximum atomic E-state index is 12.8. The minimum absolute atomic E-state index is 0.177. The van der Waals surface area contributed by atoms with E-state index in [0.717, 1.165) is 37.4 Å². The molecule has 1 atom stereocenters. The number of halogens is 1. The van der Waals surface area contributed by atoms with Crippen molar-refractivity contribution in [3.05, 3.63) is 59.9 Å². The van der Waals surface area contributed by atoms with Crippen LogP contribution in [0.15, 0.2) is 42.7 Å². The van der Waals surface area contributed by atoms with E-state index in [4.69, 9.17) is 5.73 Å². The van der Waals surface area contributed by atoms with E-state index in [2.05, 4.69) is 21.8 Å². The highest BCUT2D eigenvalue weighted by molar-refractivity contribution is 5.09. The molecule has 4 nitrogen and oxygen atoms in total. The number of pyridine rings is 2. The number of rotatable bonds is 7. The lowest BCUT2D eigenvalue weighted by molar-refractivity contribution is 0.265. The zero-order chi connectivity index (χ0) is 15.1. The van der Waals surface area contributed by atoms with Gasteiger partial charge in [0.1, 0.15) is 5.82 Å². The molecule has 2 aromatic rings. The third kappa shape index (κ3) is 4.88. The first-order valence-corrected chi connectivity index (χ1v) is 7.18. The molecular weight excluding hydrogens is 267 g/mol. The summed E-state index contributed by atoms with van der Waals surface area (Å²) in [5.41, 5.74) is 7.89. The van der Waals surface area contributed by atoms with Crippen LogP contribution in [0, 0.1) is 5.82 Å². The highest BCUT2D eigenvalue weighted by Gasteiger charge is 2.11. The second-order valence-corrected chi connectivity index (χ2v) is 4.99. The molecule has 21 heavy (non-hydrogen) atoms. The predicted molar refractivity (Wildman–Crippen MR) is 80.9 cm³/mol. The Hall–Kier alpha value is -1.85. The van der Waals surface area contributed by atoms with Crippen molar-refractivity contribution in [2.24, 2.45) is 5.73 Å². The zero-order valence-electron chi connectivity index (χ0n) is 12.2. The molecule has 0 fully saturated rings. The van der Waals surface area contributed by atoms with Crippen molar-refractivity contribution in [2.75, 3.05) is 13.1 Å². The van der Waals surface area contributed by atoms with E-state index in [0.29, 0.717) is 0 Å². The van der Waals surface area contributed by atoms with E-state index in [1.807, 2.05) is 18.2 Å². The lowest BCUT2D eigenvalue weighted by Gasteiger charge is -2.21. The Kier molecular flexibility index (Phi) is 5.78. The molecule has 0 saturated carbocycles. The molecule has 0 saturated heterocycles. The summed E-state index contributed by atoms with van der Waals surface area (Å²) in [6, 6.07) is 8.79. The quantitative estimate of drug-likeness (QED) is 0.850. The molecule has 0 spiro atoms. The van der Waals surface area contributed by atoms with Crippen LogP contribution in [0.1, 0.15) is 30.8 Å². The topological polar surface area (TPSA) is 55.0 Å². The van der Waals surface area contributed by atoms with Gasteiger partial charge in [0.25, 0.3) is 0 Å². The van der Waals surface area contributed by atoms with E-state index in [9.17, 15) is 4.39 Å². The summed E-state index contributed by atoms with van der Waals surface area (Å²) in [6.07, 6.45) is 3.79. The summed E-state index contributed by atoms with van der Waals surface area (Å²) in [7, 11) is 0. The van der Waals surface area contributed by atoms with E-state index >= 15 is 0 Å². The van der Waals surface area contributed by atoms with Gasteiger partial charge in [0.2, 0.25) is 0 Å². The second kappa shape index (κ2) is 7.81. The van der Waals surface area contributed by atoms with Crippen molar-refractivity contribution < 1.29 is 4.39 Å². The maximum absolute atomic E-state index is 12.8. The van der Waals surface area contributed by atoms with Gasteiger partial charge in [-0.15, -0.1) is 0 Å². The lowest BCUT2D eigenvalue weighted by atomic mass is 10.1. The van der Waals surface area contributed by atoms with E-state index < -0.39 is 0 Å². The third-order valence-corrected chi connectivity index (χ3v) is 3.45. The molecule has 0 aliphatic heterocycles. The Balaban J connectivity index is 1.86. The van der Waals surface area contributed by atoms with Crippen LogP contribution in [0.4, 0.5) is 4.39 Å². The standard InChI is InChI=1S/C16H21FN4/c1-2-21(12-14-5-3-4-9-19-14)10-8-15(18)16-7-6-13(17)11-20-16/h3-7,9,11,15H,2,8,10,12,18H2,1H3. The number of hydrogen-bond acceptors (Lipinski definition) is 4. The summed E-state index contributed by atoms with van der Waals surface area (Å²) in [5.74, 6) is -0.337. The first-order chi connectivity index (χ1) is 10.2. The minimum atomic E-state index is -0.337. The van der Waals surface area contributed by atoms with Crippen molar-refractivity contribution in [1.29, 1.82) is 0 Å². The molecule has 2 heterocycles. The van der Waals surface area contributed by atoms with Crippen LogP contribution in [0.5, 0.6) is 0 Å². The monoisotopic (exact) mass is 288 g/mol. The van der Waals surface area contributed by atoms with Crippen LogP contribution in [-0.2, 0) is 6.54 Å². The third-order valence-electron chi connectivity index (χ3n) is 3.45. The second-order valence-electron chi connectivity index (χ2n) is 4.99. The highest BCUT2D eigenvalue weighted by Crippen LogP contribution is 2.13. The molecule has 0 radical (unpaired) electrons. The van der Waals surface area contributed by atoms with E-state index in [1.54, 1.807) is 12.3 Å². The molecule has 0 aliphatic carbocycles. The Morgan fingerprint density at radius 3 is 2.71 bits per heavy atom. The summed E-state index contributed by atoms with van der Waals surface area (Å²) in [4.78, 5) is 10.7. The molecule has 2 aromatic heterocycles. The van der Waals surface area contributed by atoms with Gasteiger partial charge in [-0.3, -0.25) is 14.9 Å². The van der Waals surface area contributed by atoms with Gasteiger partial charge in [0, 0.05) is 25.3 Å². The van der Waals surface area contributed by atoms with Gasteiger partial charge < -0.3 is 5.73 Å². The summed E-state index contributed by atoms with van der Waals surface area (Å²) >= 11 is 0. The van der Waals surface area contributed by atoms with Crippen LogP contribution in [-0.4, -0.2) is 28.0 Å². The highest BCUT2D eigenvalue weighted by atomic mass is 19.1. The Labute approximate surface area is 124 Å². The maximum Gasteiger partial charge on any atom is 0.141 e. The molecule has 2 rings (SSSR count). The predicted octanol–water partition coefficient (Wildman–Crippen LogP) is 2.53. The average Bonchev–Trinajstić information content (AvgIpc) is 2.52. The van der Waals surface area contributed by atoms with Crippen LogP contribution in [0.3, 0.4) is 0 Å². The number of nitrogens with zero attached hydrogens (tertiary/aromatic N) is 3. The van der Waals surface area contributed by atoms with Gasteiger partial charge in [-0.2, -0.15) is 0 Å². The van der Waals surface area contributed by atoms with Crippen LogP contribution < -0.4 is 5.73 Å². The molecule has 112 valence electrons. The van der Waals surface area contributed by atoms with Gasteiger partial charge in [-0.25, -0.2) is 4.39 Å². The van der Waals surface area contributed by atoms with Crippen LogP contribution in [0.25, 0.3) is 0 Å². The van der Waals surface area contributed by atoms with Gasteiger partial charge in [-0.1, -0.05) is 13.0 Å². The van der Waals surface area contributed by atoms with Crippen molar-refractivity contribution in [1.82, 2.24) is 14.9 Å². The Bertz CT molecular complexity index is 530. The molecule has 0 bridgehead atoms. The van der Waals surface area contributed by atoms with Crippen LogP contribution >= 0.6 is 0 Å². The smallest absolute Gasteiger partial charge is 0.141 e. The number of hydrogen-bond donors (Lipinski definition) is 1. The molecule has 1 unspecified atom stereocenters. The fourth-order valence-corrected chi connectivity index (χ4v) is 2.15. The number of nitrogens with two attached hydrogens (primary N) is 1. The Morgan fingerprint density at radius 2 is 2.10 bits per heavy atom. The largest absolute Gasteiger partial charge is 0.323 e. The van der Waals surface area contributed by atoms with Crippen molar-refractivity contribution in [3.8, 4) is 0 Å². The van der Waals surface area contributed by atoms with Gasteiger partial charge in [0.05, 0.1) is 17.6 Å². The van der Waals surface area contributed by atoms with Crippen molar-refractivity contribution in [2.45, 2.75) is 25.9 Å². The van der Waals surface area contributed by atoms with Crippen molar-refractivity contribution >= 4 is 0 Å². The molecule has 2 N–H and O–H groups in total. The normalized spacial score (nSPS) is 12.6. The van der Waals surface area contributed by atoms with Gasteiger partial charge in [-0.05, 0) is 37.2 Å². The SMILES string of the molecule is CCN(CCC(N)c1ccc(F)cn1)Cc1ccccn1. The zero-order valence-corrected chi connectivity index (χ0v) is 12.2. The molecule has 0 aliphatic rings. The first kappa shape index (κ1) is 15.5.